The van der Waals surface area contributed by atoms with E-state index in [-0.39, 0.29) is 31.2 Å². The molecule has 1 atom stereocenters. The summed E-state index contributed by atoms with van der Waals surface area (Å²) in [5.74, 6) is -0.433. The molecule has 1 amide bonds. The molecule has 1 saturated carbocycles. The summed E-state index contributed by atoms with van der Waals surface area (Å²) in [7, 11) is -4.37. The van der Waals surface area contributed by atoms with Crippen molar-refractivity contribution in [1.82, 2.24) is 14.3 Å². The number of thiazole rings is 1. The van der Waals surface area contributed by atoms with Gasteiger partial charge in [0.2, 0.25) is 5.91 Å². The molecule has 7 nitrogen and oxygen atoms in total. The predicted molar refractivity (Wildman–Crippen MR) is 138 cm³/mol. The van der Waals surface area contributed by atoms with Gasteiger partial charge in [0.25, 0.3) is 16.4 Å². The first kappa shape index (κ1) is 25.6. The van der Waals surface area contributed by atoms with E-state index in [1.807, 2.05) is 6.92 Å². The van der Waals surface area contributed by atoms with Crippen LogP contribution in [0.2, 0.25) is 0 Å². The van der Waals surface area contributed by atoms with Crippen molar-refractivity contribution in [3.63, 3.8) is 0 Å². The van der Waals surface area contributed by atoms with Crippen LogP contribution in [0.3, 0.4) is 0 Å². The van der Waals surface area contributed by atoms with Crippen molar-refractivity contribution < 1.29 is 26.7 Å². The summed E-state index contributed by atoms with van der Waals surface area (Å²) in [6, 6.07) is 8.65. The second-order valence-corrected chi connectivity index (χ2v) is 12.8. The quantitative estimate of drug-likeness (QED) is 0.400. The lowest BCUT2D eigenvalue weighted by Gasteiger charge is -2.35. The van der Waals surface area contributed by atoms with Crippen molar-refractivity contribution in [2.24, 2.45) is 5.41 Å². The van der Waals surface area contributed by atoms with Crippen LogP contribution in [0.15, 0.2) is 64.7 Å². The zero-order chi connectivity index (χ0) is 26.4. The lowest BCUT2D eigenvalue weighted by Crippen LogP contribution is -2.45. The van der Waals surface area contributed by atoms with E-state index >= 15 is 0 Å². The Labute approximate surface area is 217 Å². The third kappa shape index (κ3) is 4.48. The molecule has 0 bridgehead atoms. The van der Waals surface area contributed by atoms with Crippen molar-refractivity contribution in [3.05, 3.63) is 76.1 Å². The topological polar surface area (TPSA) is 90.3 Å². The number of fused-ring (bicyclic) bond motifs is 1. The van der Waals surface area contributed by atoms with E-state index in [1.165, 1.54) is 34.4 Å². The number of hydrogen-bond donors (Lipinski definition) is 1. The van der Waals surface area contributed by atoms with Crippen LogP contribution in [0.4, 0.5) is 8.78 Å². The van der Waals surface area contributed by atoms with Gasteiger partial charge in [-0.3, -0.25) is 4.79 Å². The second-order valence-electron chi connectivity index (χ2n) is 9.90. The molecule has 2 aliphatic rings. The molecule has 1 fully saturated rings. The van der Waals surface area contributed by atoms with E-state index in [9.17, 15) is 22.0 Å². The molecule has 1 N–H and O–H groups in total. The number of ether oxygens (including phenoxy) is 1. The average Bonchev–Trinajstić information content (AvgIpc) is 3.26. The largest absolute Gasteiger partial charge is 0.489 e. The average molecular weight is 548 g/mol. The highest BCUT2D eigenvalue weighted by molar-refractivity contribution is 7.91. The summed E-state index contributed by atoms with van der Waals surface area (Å²) in [6.07, 6.45) is 1.24. The molecule has 2 heterocycles. The first-order valence-electron chi connectivity index (χ1n) is 11.9. The maximum absolute atomic E-state index is 14.4. The van der Waals surface area contributed by atoms with Crippen LogP contribution in [0.5, 0.6) is 0 Å². The van der Waals surface area contributed by atoms with Crippen molar-refractivity contribution in [1.29, 1.82) is 0 Å². The summed E-state index contributed by atoms with van der Waals surface area (Å²) in [5, 5.41) is 5.24. The number of rotatable bonds is 9. The Morgan fingerprint density at radius 3 is 2.70 bits per heavy atom. The summed E-state index contributed by atoms with van der Waals surface area (Å²) >= 11 is 1.33. The highest BCUT2D eigenvalue weighted by Gasteiger charge is 2.50. The lowest BCUT2D eigenvalue weighted by atomic mass is 9.94. The fourth-order valence-corrected chi connectivity index (χ4v) is 7.08. The third-order valence-corrected chi connectivity index (χ3v) is 10.2. The maximum atomic E-state index is 14.4. The molecule has 2 aromatic heterocycles. The van der Waals surface area contributed by atoms with Gasteiger partial charge in [-0.15, -0.1) is 11.3 Å². The Kier molecular flexibility index (Phi) is 6.47. The van der Waals surface area contributed by atoms with Gasteiger partial charge in [0.05, 0.1) is 34.5 Å². The summed E-state index contributed by atoms with van der Waals surface area (Å²) in [4.78, 5) is 16.7. The number of para-hydroxylation sites is 1. The molecule has 1 unspecified atom stereocenters. The van der Waals surface area contributed by atoms with Crippen LogP contribution in [-0.4, -0.2) is 34.5 Å². The summed E-state index contributed by atoms with van der Waals surface area (Å²) < 4.78 is 62.3. The Morgan fingerprint density at radius 2 is 2.03 bits per heavy atom. The SMILES string of the molecule is CC1(C(=O)NCc2cc3ccccc3n2S(=O)(=O)C2(C)CC=CC(C(F)F)=C2OCc2cscn2)CC1. The molecule has 0 spiro atoms. The van der Waals surface area contributed by atoms with Gasteiger partial charge < -0.3 is 10.1 Å². The molecule has 3 aromatic rings. The van der Waals surface area contributed by atoms with E-state index < -0.39 is 32.2 Å². The molecular weight excluding hydrogens is 520 g/mol. The number of amides is 1. The lowest BCUT2D eigenvalue weighted by molar-refractivity contribution is -0.125. The third-order valence-electron chi connectivity index (χ3n) is 7.16. The van der Waals surface area contributed by atoms with Gasteiger partial charge in [-0.1, -0.05) is 37.3 Å². The Morgan fingerprint density at radius 1 is 1.27 bits per heavy atom. The predicted octanol–water partition coefficient (Wildman–Crippen LogP) is 5.15. The van der Waals surface area contributed by atoms with Crippen LogP contribution in [0.25, 0.3) is 10.9 Å². The highest BCUT2D eigenvalue weighted by Crippen LogP contribution is 2.45. The zero-order valence-corrected chi connectivity index (χ0v) is 22.0. The zero-order valence-electron chi connectivity index (χ0n) is 20.4. The van der Waals surface area contributed by atoms with E-state index in [0.717, 1.165) is 12.8 Å². The van der Waals surface area contributed by atoms with Gasteiger partial charge in [0, 0.05) is 16.2 Å². The number of allylic oxidation sites excluding steroid dienone is 3. The monoisotopic (exact) mass is 547 g/mol. The van der Waals surface area contributed by atoms with Gasteiger partial charge in [0.15, 0.2) is 0 Å². The van der Waals surface area contributed by atoms with Crippen LogP contribution in [0.1, 0.15) is 44.5 Å². The second kappa shape index (κ2) is 9.36. The normalized spacial score (nSPS) is 21.0. The Hall–Kier alpha value is -3.05. The minimum Gasteiger partial charge on any atom is -0.489 e. The minimum atomic E-state index is -4.37. The number of benzene rings is 1. The molecule has 0 aliphatic heterocycles. The molecule has 196 valence electrons. The molecule has 37 heavy (non-hydrogen) atoms. The first-order chi connectivity index (χ1) is 17.6. The maximum Gasteiger partial charge on any atom is 0.267 e. The van der Waals surface area contributed by atoms with Crippen LogP contribution < -0.4 is 5.32 Å². The van der Waals surface area contributed by atoms with E-state index in [1.54, 1.807) is 41.2 Å². The van der Waals surface area contributed by atoms with Crippen LogP contribution >= 0.6 is 11.3 Å². The van der Waals surface area contributed by atoms with E-state index in [0.29, 0.717) is 22.3 Å². The number of carbonyl (C=O) groups is 1. The van der Waals surface area contributed by atoms with Gasteiger partial charge in [-0.2, -0.15) is 0 Å². The summed E-state index contributed by atoms with van der Waals surface area (Å²) in [6.45, 7) is 3.12. The molecule has 1 aromatic carbocycles. The van der Waals surface area contributed by atoms with E-state index in [4.69, 9.17) is 4.74 Å². The van der Waals surface area contributed by atoms with Crippen molar-refractivity contribution in [3.8, 4) is 0 Å². The number of halogens is 2. The van der Waals surface area contributed by atoms with Crippen molar-refractivity contribution in [2.75, 3.05) is 0 Å². The molecule has 5 rings (SSSR count). The Bertz CT molecular complexity index is 1510. The fraction of sp³-hybridized carbons (Fsp3) is 0.385. The first-order valence-corrected chi connectivity index (χ1v) is 14.3. The van der Waals surface area contributed by atoms with Gasteiger partial charge in [-0.05, 0) is 38.3 Å². The number of carbonyl (C=O) groups excluding carboxylic acids is 1. The van der Waals surface area contributed by atoms with Crippen molar-refractivity contribution >= 4 is 38.2 Å². The van der Waals surface area contributed by atoms with Gasteiger partial charge in [-0.25, -0.2) is 26.2 Å². The molecule has 0 radical (unpaired) electrons. The number of nitrogens with one attached hydrogen (secondary N) is 1. The van der Waals surface area contributed by atoms with E-state index in [2.05, 4.69) is 10.3 Å². The van der Waals surface area contributed by atoms with Gasteiger partial charge in [0.1, 0.15) is 17.1 Å². The number of alkyl halides is 2. The fourth-order valence-electron chi connectivity index (χ4n) is 4.56. The number of hydrogen-bond acceptors (Lipinski definition) is 6. The molecule has 11 heteroatoms. The molecule has 2 aliphatic carbocycles. The highest BCUT2D eigenvalue weighted by atomic mass is 32.2. The molecular formula is C26H27F2N3O4S2. The molecule has 0 saturated heterocycles. The standard InChI is InChI=1S/C26H27F2N3O4S2/c1-25(10-11-25)24(32)29-13-19-12-17-6-3-4-8-21(17)31(19)37(33,34)26(2)9-5-7-20(23(27)28)22(26)35-14-18-15-36-16-30-18/h3-8,12,15-16,23H,9-11,13-14H2,1-2H3,(H,29,32). The van der Waals surface area contributed by atoms with Crippen LogP contribution in [0, 0.1) is 5.41 Å². The number of aromatic nitrogens is 2. The smallest absolute Gasteiger partial charge is 0.267 e. The number of nitrogens with zero attached hydrogens (tertiary/aromatic N) is 2. The van der Waals surface area contributed by atoms with Gasteiger partial charge >= 0.3 is 0 Å². The summed E-state index contributed by atoms with van der Waals surface area (Å²) in [5.41, 5.74) is 1.95. The van der Waals surface area contributed by atoms with Crippen molar-refractivity contribution in [2.45, 2.75) is 57.4 Å². The Balaban J connectivity index is 1.59. The minimum absolute atomic E-state index is 0.0192. The van der Waals surface area contributed by atoms with Crippen LogP contribution in [-0.2, 0) is 32.7 Å².